The van der Waals surface area contributed by atoms with Crippen LogP contribution in [0.3, 0.4) is 0 Å². The lowest BCUT2D eigenvalue weighted by Crippen LogP contribution is -2.36. The van der Waals surface area contributed by atoms with Gasteiger partial charge >= 0.3 is 11.9 Å². The number of hydrogen-bond acceptors (Lipinski definition) is 10. The normalized spacial score (nSPS) is 13.3. The maximum atomic E-state index is 12.8. The van der Waals surface area contributed by atoms with Gasteiger partial charge in [0, 0.05) is 98.0 Å². The summed E-state index contributed by atoms with van der Waals surface area (Å²) in [7, 11) is 2.71. The third kappa shape index (κ3) is 13.3. The summed E-state index contributed by atoms with van der Waals surface area (Å²) in [4.78, 5) is 47.2. The van der Waals surface area contributed by atoms with Gasteiger partial charge in [0.25, 0.3) is 0 Å². The first-order chi connectivity index (χ1) is 30.8. The topological polar surface area (TPSA) is 101 Å². The Kier molecular flexibility index (Phi) is 15.2. The van der Waals surface area contributed by atoms with Crippen molar-refractivity contribution in [1.82, 2.24) is 29.7 Å². The fourth-order valence-corrected chi connectivity index (χ4v) is 7.13. The van der Waals surface area contributed by atoms with Crippen LogP contribution in [0.25, 0.3) is 0 Å². The average molecular weight is 833 g/mol. The highest BCUT2D eigenvalue weighted by molar-refractivity contribution is 5.88. The van der Waals surface area contributed by atoms with Crippen molar-refractivity contribution in [2.24, 2.45) is 0 Å². The molecule has 0 radical (unpaired) electrons. The Hall–Kier alpha value is -7.39. The lowest BCUT2D eigenvalue weighted by molar-refractivity contribution is 0.0584. The molecule has 1 fully saturated rings. The molecule has 0 amide bonds. The van der Waals surface area contributed by atoms with E-state index in [1.165, 1.54) is 14.2 Å². The zero-order chi connectivity index (χ0) is 43.8. The number of aryl methyl sites for hydroxylation is 1. The number of esters is 2. The second kappa shape index (κ2) is 21.9. The smallest absolute Gasteiger partial charge is 0.356 e. The largest absolute Gasteiger partial charge is 0.464 e. The van der Waals surface area contributed by atoms with Gasteiger partial charge in [-0.1, -0.05) is 90.1 Å². The van der Waals surface area contributed by atoms with Crippen LogP contribution >= 0.6 is 0 Å². The van der Waals surface area contributed by atoms with Crippen LogP contribution in [0.1, 0.15) is 77.1 Å². The SMILES string of the molecule is COC(=O)c1cc(C#Cc2ccccc2)cc(CN2CCN(Cc3cc(C#Cc4ccccc4)cc(C)n3)CCN(Cc3cc(C#Cc4ccccc4)cc(C(=O)OC)n3)CC2)n1. The van der Waals surface area contributed by atoms with Gasteiger partial charge in [0.05, 0.1) is 31.3 Å². The number of nitrogens with zero attached hydrogens (tertiary/aromatic N) is 6. The van der Waals surface area contributed by atoms with Crippen molar-refractivity contribution in [2.45, 2.75) is 26.6 Å². The lowest BCUT2D eigenvalue weighted by atomic mass is 10.1. The highest BCUT2D eigenvalue weighted by Crippen LogP contribution is 2.16. The summed E-state index contributed by atoms with van der Waals surface area (Å²) < 4.78 is 10.2. The molecule has 10 heteroatoms. The number of benzene rings is 3. The van der Waals surface area contributed by atoms with Crippen molar-refractivity contribution in [3.8, 4) is 35.5 Å². The number of aromatic nitrogens is 3. The van der Waals surface area contributed by atoms with Crippen LogP contribution in [-0.2, 0) is 29.1 Å². The van der Waals surface area contributed by atoms with E-state index in [0.29, 0.717) is 55.2 Å². The van der Waals surface area contributed by atoms with E-state index in [1.54, 1.807) is 12.1 Å². The highest BCUT2D eigenvalue weighted by atomic mass is 16.5. The van der Waals surface area contributed by atoms with E-state index in [4.69, 9.17) is 24.4 Å². The zero-order valence-corrected chi connectivity index (χ0v) is 35.8. The molecule has 3 aromatic carbocycles. The lowest BCUT2D eigenvalue weighted by Gasteiger charge is -2.25. The van der Waals surface area contributed by atoms with Crippen LogP contribution in [-0.4, -0.2) is 95.1 Å². The van der Waals surface area contributed by atoms with E-state index in [0.717, 1.165) is 59.8 Å². The Bertz CT molecular complexity index is 2590. The molecule has 63 heavy (non-hydrogen) atoms. The third-order valence-electron chi connectivity index (χ3n) is 10.3. The number of hydrogen-bond donors (Lipinski definition) is 0. The Balaban J connectivity index is 1.17. The van der Waals surface area contributed by atoms with E-state index in [1.807, 2.05) is 116 Å². The molecule has 0 aliphatic carbocycles. The third-order valence-corrected chi connectivity index (χ3v) is 10.3. The summed E-state index contributed by atoms with van der Waals surface area (Å²) in [6.07, 6.45) is 0. The minimum atomic E-state index is -0.519. The zero-order valence-electron chi connectivity index (χ0n) is 35.8. The van der Waals surface area contributed by atoms with Crippen molar-refractivity contribution in [1.29, 1.82) is 0 Å². The van der Waals surface area contributed by atoms with Crippen molar-refractivity contribution >= 4 is 11.9 Å². The first kappa shape index (κ1) is 43.7. The van der Waals surface area contributed by atoms with E-state index >= 15 is 0 Å². The average Bonchev–Trinajstić information content (AvgIpc) is 3.40. The van der Waals surface area contributed by atoms with Crippen molar-refractivity contribution in [2.75, 3.05) is 53.5 Å². The molecule has 4 heterocycles. The monoisotopic (exact) mass is 832 g/mol. The molecule has 0 unspecified atom stereocenters. The molecule has 314 valence electrons. The summed E-state index contributed by atoms with van der Waals surface area (Å²) >= 11 is 0. The molecule has 7 rings (SSSR count). The van der Waals surface area contributed by atoms with Gasteiger partial charge in [-0.05, 0) is 79.7 Å². The Labute approximate surface area is 369 Å². The minimum Gasteiger partial charge on any atom is -0.464 e. The van der Waals surface area contributed by atoms with Crippen LogP contribution < -0.4 is 0 Å². The van der Waals surface area contributed by atoms with Gasteiger partial charge in [-0.2, -0.15) is 0 Å². The Morgan fingerprint density at radius 1 is 0.444 bits per heavy atom. The van der Waals surface area contributed by atoms with Gasteiger partial charge in [-0.3, -0.25) is 19.7 Å². The maximum absolute atomic E-state index is 12.8. The van der Waals surface area contributed by atoms with Crippen LogP contribution in [0.15, 0.2) is 127 Å². The first-order valence-electron chi connectivity index (χ1n) is 20.8. The maximum Gasteiger partial charge on any atom is 0.356 e. The summed E-state index contributed by atoms with van der Waals surface area (Å²) in [6, 6.07) is 40.7. The van der Waals surface area contributed by atoms with Crippen LogP contribution in [0.5, 0.6) is 0 Å². The fourth-order valence-electron chi connectivity index (χ4n) is 7.13. The molecule has 1 saturated heterocycles. The van der Waals surface area contributed by atoms with E-state index in [-0.39, 0.29) is 11.4 Å². The number of carbonyl (C=O) groups excluding carboxylic acids is 2. The Morgan fingerprint density at radius 2 is 0.746 bits per heavy atom. The summed E-state index contributed by atoms with van der Waals surface area (Å²) in [6.45, 7) is 7.92. The van der Waals surface area contributed by atoms with E-state index in [9.17, 15) is 9.59 Å². The van der Waals surface area contributed by atoms with E-state index < -0.39 is 11.9 Å². The molecule has 0 bridgehead atoms. The van der Waals surface area contributed by atoms with Gasteiger partial charge in [-0.25, -0.2) is 19.6 Å². The van der Waals surface area contributed by atoms with Crippen molar-refractivity contribution in [3.05, 3.63) is 195 Å². The van der Waals surface area contributed by atoms with Gasteiger partial charge in [0.2, 0.25) is 0 Å². The van der Waals surface area contributed by atoms with Gasteiger partial charge in [0.1, 0.15) is 11.4 Å². The number of rotatable bonds is 8. The predicted octanol–water partition coefficient (Wildman–Crippen LogP) is 6.77. The second-order valence-corrected chi connectivity index (χ2v) is 15.1. The summed E-state index contributed by atoms with van der Waals surface area (Å²) in [5.74, 6) is 18.4. The second-order valence-electron chi connectivity index (χ2n) is 15.1. The fraction of sp³-hybridized carbons (Fsp3) is 0.226. The number of pyridine rings is 3. The predicted molar refractivity (Wildman–Crippen MR) is 243 cm³/mol. The van der Waals surface area contributed by atoms with Crippen LogP contribution in [0, 0.1) is 42.4 Å². The van der Waals surface area contributed by atoms with Crippen molar-refractivity contribution < 1.29 is 19.1 Å². The molecule has 10 nitrogen and oxygen atoms in total. The Morgan fingerprint density at radius 3 is 1.08 bits per heavy atom. The van der Waals surface area contributed by atoms with Crippen LogP contribution in [0.4, 0.5) is 0 Å². The summed E-state index contributed by atoms with van der Waals surface area (Å²) in [5.41, 5.74) is 8.65. The standard InChI is InChI=1S/C53H48N6O4/c1-40-31-44(22-19-41-13-7-4-8-14-41)32-47(54-40)37-57-25-27-58(38-48-33-45(35-50(55-48)52(60)62-2)23-20-42-15-9-5-10-16-42)29-30-59(28-26-57)39-49-34-46(36-51(56-49)53(61)63-3)24-21-43-17-11-6-12-18-43/h4-18,31-36H,25-30,37-39H2,1-3H3. The van der Waals surface area contributed by atoms with Gasteiger partial charge in [-0.15, -0.1) is 0 Å². The molecule has 0 spiro atoms. The number of ether oxygens (including phenoxy) is 2. The molecular weight excluding hydrogens is 785 g/mol. The van der Waals surface area contributed by atoms with Gasteiger partial charge < -0.3 is 9.47 Å². The molecule has 0 saturated carbocycles. The molecular formula is C53H48N6O4. The molecule has 3 aromatic heterocycles. The number of methoxy groups -OCH3 is 2. The highest BCUT2D eigenvalue weighted by Gasteiger charge is 2.21. The van der Waals surface area contributed by atoms with Crippen molar-refractivity contribution in [3.63, 3.8) is 0 Å². The molecule has 0 N–H and O–H groups in total. The molecule has 1 aliphatic heterocycles. The van der Waals surface area contributed by atoms with E-state index in [2.05, 4.69) is 56.3 Å². The number of carbonyl (C=O) groups is 2. The quantitative estimate of drug-likeness (QED) is 0.121. The summed E-state index contributed by atoms with van der Waals surface area (Å²) in [5, 5.41) is 0. The van der Waals surface area contributed by atoms with Gasteiger partial charge in [0.15, 0.2) is 0 Å². The van der Waals surface area contributed by atoms with Crippen LogP contribution in [0.2, 0.25) is 0 Å². The molecule has 1 aliphatic rings. The minimum absolute atomic E-state index is 0.208. The first-order valence-corrected chi connectivity index (χ1v) is 20.8. The molecule has 6 aromatic rings. The molecule has 0 atom stereocenters.